The average molecular weight is 930 g/mol. The van der Waals surface area contributed by atoms with Gasteiger partial charge in [0.2, 0.25) is 5.91 Å². The molecule has 6 aliphatic rings. The van der Waals surface area contributed by atoms with E-state index in [1.807, 2.05) is 13.0 Å². The molecule has 354 valence electrons. The lowest BCUT2D eigenvalue weighted by Crippen LogP contribution is -2.56. The molecule has 4 saturated heterocycles. The van der Waals surface area contributed by atoms with Gasteiger partial charge >= 0.3 is 12.0 Å². The van der Waals surface area contributed by atoms with Gasteiger partial charge in [-0.25, -0.2) is 18.0 Å². The van der Waals surface area contributed by atoms with Gasteiger partial charge in [-0.05, 0) is 134 Å². The number of phenolic OH excluding ortho intramolecular Hbond substituents is 1. The van der Waals surface area contributed by atoms with E-state index in [1.54, 1.807) is 30.1 Å². The van der Waals surface area contributed by atoms with E-state index in [2.05, 4.69) is 25.2 Å². The number of pyridine rings is 1. The summed E-state index contributed by atoms with van der Waals surface area (Å²) in [6.45, 7) is 7.18. The highest BCUT2D eigenvalue weighted by atomic mass is 19.1. The molecule has 2 N–H and O–H groups in total. The van der Waals surface area contributed by atoms with Crippen LogP contribution in [0.25, 0.3) is 43.8 Å². The number of aromatic nitrogens is 5. The van der Waals surface area contributed by atoms with Crippen LogP contribution in [0, 0.1) is 28.3 Å². The number of carbonyl (C=O) groups excluding carboxylic acids is 2. The maximum Gasteiger partial charge on any atom is 0.329 e. The summed E-state index contributed by atoms with van der Waals surface area (Å²) in [7, 11) is 1.79. The molecule has 0 unspecified atom stereocenters. The molecule has 14 nitrogen and oxygen atoms in total. The fourth-order valence-electron chi connectivity index (χ4n) is 12.1. The number of phenols is 1. The topological polar surface area (TPSA) is 151 Å². The van der Waals surface area contributed by atoms with Crippen molar-refractivity contribution in [3.8, 4) is 23.0 Å². The summed E-state index contributed by atoms with van der Waals surface area (Å²) >= 11 is 0. The second-order valence-corrected chi connectivity index (χ2v) is 20.6. The lowest BCUT2D eigenvalue weighted by atomic mass is 9.56. The summed E-state index contributed by atoms with van der Waals surface area (Å²) in [6.07, 6.45) is 10.8. The zero-order valence-corrected chi connectivity index (χ0v) is 38.3. The van der Waals surface area contributed by atoms with E-state index >= 15 is 13.2 Å². The van der Waals surface area contributed by atoms with Crippen molar-refractivity contribution >= 4 is 56.2 Å². The molecule has 7 heterocycles. The number of rotatable bonds is 10. The van der Waals surface area contributed by atoms with E-state index in [1.165, 1.54) is 23.1 Å². The van der Waals surface area contributed by atoms with Gasteiger partial charge in [0, 0.05) is 68.6 Å². The first-order chi connectivity index (χ1) is 32.8. The van der Waals surface area contributed by atoms with Crippen molar-refractivity contribution < 1.29 is 37.3 Å². The van der Waals surface area contributed by atoms with Gasteiger partial charge in [-0.3, -0.25) is 24.7 Å². The van der Waals surface area contributed by atoms with E-state index in [9.17, 15) is 14.7 Å². The molecule has 0 bridgehead atoms. The van der Waals surface area contributed by atoms with Crippen LogP contribution in [0.4, 0.5) is 29.6 Å². The first-order valence-corrected chi connectivity index (χ1v) is 24.1. The number of nitrogens with one attached hydrogen (secondary N) is 1. The van der Waals surface area contributed by atoms with Gasteiger partial charge in [0.1, 0.15) is 34.4 Å². The fourth-order valence-corrected chi connectivity index (χ4v) is 12.1. The number of ether oxygens (including phenoxy) is 2. The molecule has 3 aromatic carbocycles. The molecule has 1 atom stereocenters. The first-order valence-electron chi connectivity index (χ1n) is 24.1. The molecule has 0 radical (unpaired) electrons. The first kappa shape index (κ1) is 43.2. The Morgan fingerprint density at radius 3 is 2.47 bits per heavy atom. The van der Waals surface area contributed by atoms with Crippen molar-refractivity contribution in [3.05, 3.63) is 71.2 Å². The highest BCUT2D eigenvalue weighted by Gasteiger charge is 2.50. The van der Waals surface area contributed by atoms with Crippen molar-refractivity contribution in [1.82, 2.24) is 34.9 Å². The monoisotopic (exact) mass is 929 g/mol. The third-order valence-electron chi connectivity index (χ3n) is 16.2. The van der Waals surface area contributed by atoms with Crippen molar-refractivity contribution in [2.24, 2.45) is 17.9 Å². The van der Waals surface area contributed by atoms with Crippen molar-refractivity contribution in [3.63, 3.8) is 0 Å². The van der Waals surface area contributed by atoms with Crippen LogP contribution >= 0.6 is 0 Å². The maximum atomic E-state index is 17.2. The molecule has 2 aliphatic carbocycles. The Balaban J connectivity index is 0.755. The van der Waals surface area contributed by atoms with E-state index in [4.69, 9.17) is 19.4 Å². The number of fused-ring (bicyclic) bond motifs is 3. The van der Waals surface area contributed by atoms with Crippen LogP contribution in [0.2, 0.25) is 0 Å². The molecule has 2 spiro atoms. The third-order valence-corrected chi connectivity index (χ3v) is 16.2. The van der Waals surface area contributed by atoms with Gasteiger partial charge in [-0.2, -0.15) is 15.1 Å². The van der Waals surface area contributed by atoms with Gasteiger partial charge in [-0.1, -0.05) is 13.0 Å². The normalized spacial score (nSPS) is 22.6. The van der Waals surface area contributed by atoms with Crippen LogP contribution in [0.5, 0.6) is 11.8 Å². The molecule has 68 heavy (non-hydrogen) atoms. The van der Waals surface area contributed by atoms with Crippen LogP contribution < -0.4 is 19.9 Å². The van der Waals surface area contributed by atoms with Gasteiger partial charge < -0.3 is 24.4 Å². The highest BCUT2D eigenvalue weighted by molar-refractivity contribution is 6.09. The second kappa shape index (κ2) is 16.0. The predicted octanol–water partition coefficient (Wildman–Crippen LogP) is 8.44. The van der Waals surface area contributed by atoms with Gasteiger partial charge in [0.15, 0.2) is 11.6 Å². The summed E-state index contributed by atoms with van der Waals surface area (Å²) in [5.41, 5.74) is 1.96. The lowest BCUT2D eigenvalue weighted by molar-refractivity contribution is -0.151. The number of carbonyl (C=O) groups is 2. The van der Waals surface area contributed by atoms with E-state index in [0.717, 1.165) is 82.9 Å². The number of piperidine rings is 2. The van der Waals surface area contributed by atoms with Gasteiger partial charge in [0.05, 0.1) is 29.7 Å². The van der Waals surface area contributed by atoms with Crippen molar-refractivity contribution in [1.29, 1.82) is 0 Å². The second-order valence-electron chi connectivity index (χ2n) is 20.6. The SMILES string of the molecule is CCc1c(F)ccc2cc(O)cc(-c3ncc4c(N5CCC[C@]6(CCO6)C5)nc(OCC5(CN6CCC7(CC6)CC(c6cc8c(cc6F)c(N6CCC(=O)NC6=O)nn8C)C7)CC5)nc4c3F)c12. The molecular formula is C51H54F3N9O5. The Hall–Kier alpha value is -6.07. The Bertz CT molecular complexity index is 3060. The number of likely N-dealkylation sites (tertiary alicyclic amines) is 1. The number of anilines is 2. The predicted molar refractivity (Wildman–Crippen MR) is 249 cm³/mol. The minimum absolute atomic E-state index is 0.0374. The Kier molecular flexibility index (Phi) is 10.2. The fraction of sp³-hybridized carbons (Fsp3) is 0.490. The largest absolute Gasteiger partial charge is 0.508 e. The summed E-state index contributed by atoms with van der Waals surface area (Å²) in [5, 5.41) is 19.7. The number of hydrogen-bond donors (Lipinski definition) is 2. The summed E-state index contributed by atoms with van der Waals surface area (Å²) < 4.78 is 62.6. The zero-order chi connectivity index (χ0) is 46.7. The molecule has 12 rings (SSSR count). The van der Waals surface area contributed by atoms with E-state index < -0.39 is 17.7 Å². The van der Waals surface area contributed by atoms with Gasteiger partial charge in [-0.15, -0.1) is 0 Å². The number of imide groups is 1. The number of halogens is 3. The Morgan fingerprint density at radius 1 is 0.926 bits per heavy atom. The van der Waals surface area contributed by atoms with Crippen LogP contribution in [0.3, 0.4) is 0 Å². The number of urea groups is 1. The average Bonchev–Trinajstić information content (AvgIpc) is 4.00. The maximum absolute atomic E-state index is 17.2. The smallest absolute Gasteiger partial charge is 0.329 e. The highest BCUT2D eigenvalue weighted by Crippen LogP contribution is 2.58. The minimum Gasteiger partial charge on any atom is -0.508 e. The summed E-state index contributed by atoms with van der Waals surface area (Å²) in [4.78, 5) is 44.7. The molecule has 6 aromatic rings. The van der Waals surface area contributed by atoms with Gasteiger partial charge in [0.25, 0.3) is 0 Å². The third kappa shape index (κ3) is 7.29. The number of aryl methyl sites for hydroxylation is 2. The molecule has 6 fully saturated rings. The molecule has 3 aromatic heterocycles. The van der Waals surface area contributed by atoms with Crippen LogP contribution in [-0.2, 0) is 23.0 Å². The Morgan fingerprint density at radius 2 is 1.74 bits per heavy atom. The minimum atomic E-state index is -0.695. The number of benzene rings is 3. The number of aromatic hydroxyl groups is 1. The summed E-state index contributed by atoms with van der Waals surface area (Å²) in [6, 6.07) is 8.86. The molecule has 3 amide bonds. The van der Waals surface area contributed by atoms with Crippen LogP contribution in [0.1, 0.15) is 88.2 Å². The van der Waals surface area contributed by atoms with Crippen molar-refractivity contribution in [2.75, 3.05) is 62.3 Å². The number of amides is 3. The molecular weight excluding hydrogens is 876 g/mol. The Labute approximate surface area is 390 Å². The van der Waals surface area contributed by atoms with Crippen molar-refractivity contribution in [2.45, 2.75) is 89.1 Å². The standard InChI is InChI=1S/C51H54F3N9O5/c1-3-32-37(52)6-5-29-19-31(64)20-35(41(29)32)43-42(54)44-36(25-55-43)45(62-14-4-8-51(27-62)13-18-68-51)58-47(57-44)67-28-50(9-10-50)26-61-16-11-49(12-17-61)23-30(24-49)33-22-39-34(21-38(33)53)46(59-60(39)2)63-15-7-40(65)56-48(63)66/h5-6,19-22,25,30,64H,3-4,7-18,23-24,26-28H2,1-2H3,(H,56,65,66)/t51-/m0/s1. The van der Waals surface area contributed by atoms with Crippen LogP contribution in [-0.4, -0.2) is 105 Å². The molecule has 2 saturated carbocycles. The lowest BCUT2D eigenvalue weighted by Gasteiger charge is -2.53. The van der Waals surface area contributed by atoms with E-state index in [-0.39, 0.29) is 75.6 Å². The van der Waals surface area contributed by atoms with E-state index in [0.29, 0.717) is 77.0 Å². The summed E-state index contributed by atoms with van der Waals surface area (Å²) in [5.74, 6) is -0.824. The number of nitrogens with zero attached hydrogens (tertiary/aromatic N) is 8. The van der Waals surface area contributed by atoms with Crippen LogP contribution in [0.15, 0.2) is 42.6 Å². The zero-order valence-electron chi connectivity index (χ0n) is 38.3. The molecule has 17 heteroatoms. The quantitative estimate of drug-likeness (QED) is 0.136. The molecule has 4 aliphatic heterocycles. The number of hydrogen-bond acceptors (Lipinski definition) is 11.